The Morgan fingerprint density at radius 1 is 1.17 bits per heavy atom. The number of anilines is 4. The quantitative estimate of drug-likeness (QED) is 0.255. The predicted octanol–water partition coefficient (Wildman–Crippen LogP) is 6.10. The molecule has 1 unspecified atom stereocenters. The standard InChI is InChI=1S/C26H33ClN6O2S/c1-5-34-23-14-18(35-19-12-13-33(16-19)17(2)3)10-11-21(23)31-26-29-15-20(27)25(32-26)30-22-8-6-7-9-24(22)36-28-4/h6-11,14-15,17,19,28H,5,12-13,16H2,1-4H3,(H2,29,30,31,32). The van der Waals surface area contributed by atoms with E-state index in [-0.39, 0.29) is 6.10 Å². The van der Waals surface area contributed by atoms with Crippen molar-refractivity contribution in [1.29, 1.82) is 0 Å². The number of nitrogens with zero attached hydrogens (tertiary/aromatic N) is 3. The number of para-hydroxylation sites is 1. The number of rotatable bonds is 11. The van der Waals surface area contributed by atoms with Gasteiger partial charge < -0.3 is 20.1 Å². The third-order valence-electron chi connectivity index (χ3n) is 5.81. The molecule has 0 radical (unpaired) electrons. The Kier molecular flexibility index (Phi) is 9.14. The van der Waals surface area contributed by atoms with Gasteiger partial charge in [-0.25, -0.2) is 4.98 Å². The SMILES string of the molecule is CCOc1cc(OC2CCN(C(C)C)C2)ccc1Nc1ncc(Cl)c(Nc2ccccc2SNC)n1. The number of ether oxygens (including phenoxy) is 2. The molecule has 3 N–H and O–H groups in total. The van der Waals surface area contributed by atoms with Crippen LogP contribution in [0.1, 0.15) is 27.2 Å². The molecule has 0 amide bonds. The van der Waals surface area contributed by atoms with Gasteiger partial charge in [0.1, 0.15) is 22.6 Å². The van der Waals surface area contributed by atoms with Gasteiger partial charge in [-0.1, -0.05) is 23.7 Å². The first-order valence-corrected chi connectivity index (χ1v) is 13.3. The minimum atomic E-state index is 0.179. The minimum absolute atomic E-state index is 0.179. The van der Waals surface area contributed by atoms with Crippen molar-refractivity contribution in [2.24, 2.45) is 0 Å². The Balaban J connectivity index is 1.50. The lowest BCUT2D eigenvalue weighted by molar-refractivity contribution is 0.186. The number of nitrogens with one attached hydrogen (secondary N) is 3. The number of halogens is 1. The molecule has 1 aromatic heterocycles. The lowest BCUT2D eigenvalue weighted by Gasteiger charge is -2.21. The van der Waals surface area contributed by atoms with Crippen molar-refractivity contribution >= 4 is 46.7 Å². The molecule has 1 fully saturated rings. The van der Waals surface area contributed by atoms with Crippen LogP contribution in [0, 0.1) is 0 Å². The van der Waals surface area contributed by atoms with E-state index in [4.69, 9.17) is 21.1 Å². The van der Waals surface area contributed by atoms with Gasteiger partial charge in [0.15, 0.2) is 5.82 Å². The zero-order valence-corrected chi connectivity index (χ0v) is 22.6. The lowest BCUT2D eigenvalue weighted by Crippen LogP contribution is -2.30. The fourth-order valence-corrected chi connectivity index (χ4v) is 4.73. The fraction of sp³-hybridized carbons (Fsp3) is 0.385. The van der Waals surface area contributed by atoms with Crippen LogP contribution in [0.5, 0.6) is 11.5 Å². The second kappa shape index (κ2) is 12.5. The average Bonchev–Trinajstić information content (AvgIpc) is 3.33. The van der Waals surface area contributed by atoms with Crippen molar-refractivity contribution in [3.8, 4) is 11.5 Å². The Morgan fingerprint density at radius 2 is 2.00 bits per heavy atom. The van der Waals surface area contributed by atoms with Gasteiger partial charge in [-0.15, -0.1) is 0 Å². The molecule has 36 heavy (non-hydrogen) atoms. The molecular formula is C26H33ClN6O2S. The van der Waals surface area contributed by atoms with Crippen molar-refractivity contribution < 1.29 is 9.47 Å². The lowest BCUT2D eigenvalue weighted by atomic mass is 10.2. The highest BCUT2D eigenvalue weighted by atomic mass is 35.5. The zero-order chi connectivity index (χ0) is 25.5. The van der Waals surface area contributed by atoms with Crippen molar-refractivity contribution in [1.82, 2.24) is 19.6 Å². The monoisotopic (exact) mass is 528 g/mol. The summed E-state index contributed by atoms with van der Waals surface area (Å²) in [7, 11) is 1.88. The summed E-state index contributed by atoms with van der Waals surface area (Å²) in [6.45, 7) is 8.91. The van der Waals surface area contributed by atoms with E-state index in [9.17, 15) is 0 Å². The van der Waals surface area contributed by atoms with E-state index in [1.165, 1.54) is 11.9 Å². The molecule has 1 saturated heterocycles. The van der Waals surface area contributed by atoms with E-state index in [0.29, 0.717) is 35.2 Å². The maximum atomic E-state index is 6.41. The minimum Gasteiger partial charge on any atom is -0.492 e. The van der Waals surface area contributed by atoms with Crippen LogP contribution in [0.25, 0.3) is 0 Å². The van der Waals surface area contributed by atoms with Crippen LogP contribution in [-0.2, 0) is 0 Å². The van der Waals surface area contributed by atoms with Crippen molar-refractivity contribution in [2.75, 3.05) is 37.4 Å². The first-order chi connectivity index (χ1) is 17.5. The van der Waals surface area contributed by atoms with E-state index in [0.717, 1.165) is 41.5 Å². The van der Waals surface area contributed by atoms with Crippen LogP contribution < -0.4 is 24.8 Å². The van der Waals surface area contributed by atoms with Gasteiger partial charge in [0, 0.05) is 30.1 Å². The smallest absolute Gasteiger partial charge is 0.229 e. The number of aromatic nitrogens is 2. The summed E-state index contributed by atoms with van der Waals surface area (Å²) < 4.78 is 15.3. The molecule has 0 saturated carbocycles. The summed E-state index contributed by atoms with van der Waals surface area (Å²) in [6, 6.07) is 14.3. The number of likely N-dealkylation sites (tertiary alicyclic amines) is 1. The summed E-state index contributed by atoms with van der Waals surface area (Å²) in [5.74, 6) is 2.38. The van der Waals surface area contributed by atoms with Gasteiger partial charge in [-0.05, 0) is 70.5 Å². The molecule has 8 nitrogen and oxygen atoms in total. The molecule has 1 atom stereocenters. The third-order valence-corrected chi connectivity index (χ3v) is 6.86. The largest absolute Gasteiger partial charge is 0.492 e. The van der Waals surface area contributed by atoms with Crippen LogP contribution in [0.2, 0.25) is 5.02 Å². The summed E-state index contributed by atoms with van der Waals surface area (Å²) in [5.41, 5.74) is 1.64. The highest BCUT2D eigenvalue weighted by molar-refractivity contribution is 7.97. The molecular weight excluding hydrogens is 496 g/mol. The van der Waals surface area contributed by atoms with E-state index in [1.807, 2.05) is 56.4 Å². The first-order valence-electron chi connectivity index (χ1n) is 12.1. The highest BCUT2D eigenvalue weighted by Gasteiger charge is 2.25. The molecule has 2 heterocycles. The Labute approximate surface area is 222 Å². The number of hydrogen-bond donors (Lipinski definition) is 3. The Bertz CT molecular complexity index is 1170. The van der Waals surface area contributed by atoms with Gasteiger partial charge in [0.25, 0.3) is 0 Å². The van der Waals surface area contributed by atoms with Crippen LogP contribution in [0.3, 0.4) is 0 Å². The molecule has 4 rings (SSSR count). The molecule has 0 aliphatic carbocycles. The Morgan fingerprint density at radius 3 is 2.75 bits per heavy atom. The maximum absolute atomic E-state index is 6.41. The molecule has 192 valence electrons. The number of benzene rings is 2. The maximum Gasteiger partial charge on any atom is 0.229 e. The van der Waals surface area contributed by atoms with Crippen LogP contribution in [-0.4, -0.2) is 53.8 Å². The summed E-state index contributed by atoms with van der Waals surface area (Å²) in [5, 5.41) is 7.00. The third kappa shape index (κ3) is 6.73. The Hall–Kier alpha value is -2.72. The van der Waals surface area contributed by atoms with Gasteiger partial charge in [-0.2, -0.15) is 4.98 Å². The van der Waals surface area contributed by atoms with E-state index in [1.54, 1.807) is 6.20 Å². The van der Waals surface area contributed by atoms with Crippen LogP contribution in [0.4, 0.5) is 23.1 Å². The van der Waals surface area contributed by atoms with E-state index >= 15 is 0 Å². The highest BCUT2D eigenvalue weighted by Crippen LogP contribution is 2.34. The molecule has 0 spiro atoms. The van der Waals surface area contributed by atoms with Crippen LogP contribution >= 0.6 is 23.5 Å². The van der Waals surface area contributed by atoms with Gasteiger partial charge in [-0.3, -0.25) is 9.62 Å². The summed E-state index contributed by atoms with van der Waals surface area (Å²) >= 11 is 7.92. The molecule has 10 heteroatoms. The normalized spacial score (nSPS) is 15.8. The topological polar surface area (TPSA) is 83.6 Å². The number of hydrogen-bond acceptors (Lipinski definition) is 9. The first kappa shape index (κ1) is 26.3. The van der Waals surface area contributed by atoms with Gasteiger partial charge >= 0.3 is 0 Å². The van der Waals surface area contributed by atoms with E-state index in [2.05, 4.69) is 44.1 Å². The second-order valence-corrected chi connectivity index (χ2v) is 10.1. The molecule has 1 aliphatic heterocycles. The zero-order valence-electron chi connectivity index (χ0n) is 21.0. The fourth-order valence-electron chi connectivity index (χ4n) is 4.00. The van der Waals surface area contributed by atoms with Crippen LogP contribution in [0.15, 0.2) is 53.6 Å². The second-order valence-electron chi connectivity index (χ2n) is 8.65. The van der Waals surface area contributed by atoms with Gasteiger partial charge in [0.2, 0.25) is 5.95 Å². The van der Waals surface area contributed by atoms with Gasteiger partial charge in [0.05, 0.1) is 24.2 Å². The summed E-state index contributed by atoms with van der Waals surface area (Å²) in [6.07, 6.45) is 2.77. The molecule has 3 aromatic rings. The van der Waals surface area contributed by atoms with E-state index < -0.39 is 0 Å². The molecule has 0 bridgehead atoms. The average molecular weight is 529 g/mol. The van der Waals surface area contributed by atoms with Crippen molar-refractivity contribution in [3.05, 3.63) is 53.7 Å². The van der Waals surface area contributed by atoms with Crippen molar-refractivity contribution in [2.45, 2.75) is 44.2 Å². The molecule has 1 aliphatic rings. The van der Waals surface area contributed by atoms with Crippen molar-refractivity contribution in [3.63, 3.8) is 0 Å². The predicted molar refractivity (Wildman–Crippen MR) is 148 cm³/mol. The summed E-state index contributed by atoms with van der Waals surface area (Å²) in [4.78, 5) is 12.4. The molecule has 2 aromatic carbocycles.